The lowest BCUT2D eigenvalue weighted by molar-refractivity contribution is 1.23. The van der Waals surface area contributed by atoms with Gasteiger partial charge in [-0.15, -0.1) is 0 Å². The standard InChI is InChI=1S/C28H20N4/c1-2-4-18-12-26-25(11-17(18)3-1)27-15-23-9-7-21(30-23)13-19-5-6-20(29-19)14-22-8-10-24(31-22)16-28(26)32-27/h1-16,29-32H. The molecule has 0 spiro atoms. The third kappa shape index (κ3) is 2.85. The highest BCUT2D eigenvalue weighted by atomic mass is 14.8. The fourth-order valence-electron chi connectivity index (χ4n) is 4.63. The van der Waals surface area contributed by atoms with Gasteiger partial charge in [0.05, 0.1) is 0 Å². The van der Waals surface area contributed by atoms with E-state index in [-0.39, 0.29) is 0 Å². The van der Waals surface area contributed by atoms with Gasteiger partial charge in [0.2, 0.25) is 0 Å². The van der Waals surface area contributed by atoms with Crippen LogP contribution >= 0.6 is 0 Å². The molecular weight excluding hydrogens is 392 g/mol. The maximum atomic E-state index is 3.67. The molecule has 32 heavy (non-hydrogen) atoms. The third-order valence-corrected chi connectivity index (χ3v) is 6.15. The van der Waals surface area contributed by atoms with E-state index in [1.54, 1.807) is 0 Å². The number of hydrogen-bond donors (Lipinski definition) is 4. The lowest BCUT2D eigenvalue weighted by Gasteiger charge is -1.98. The highest BCUT2D eigenvalue weighted by molar-refractivity contribution is 5.99. The molecule has 4 heteroatoms. The number of H-pyrrole nitrogens is 4. The van der Waals surface area contributed by atoms with E-state index in [4.69, 9.17) is 0 Å². The molecule has 4 N–H and O–H groups in total. The Balaban J connectivity index is 1.60. The number of benzene rings is 2. The van der Waals surface area contributed by atoms with Gasteiger partial charge in [0, 0.05) is 54.9 Å². The van der Waals surface area contributed by atoms with Crippen molar-refractivity contribution in [2.75, 3.05) is 0 Å². The van der Waals surface area contributed by atoms with E-state index in [0.717, 1.165) is 44.2 Å². The molecule has 0 unspecified atom stereocenters. The van der Waals surface area contributed by atoms with Crippen molar-refractivity contribution in [1.29, 1.82) is 0 Å². The molecule has 1 aliphatic heterocycles. The molecule has 0 saturated heterocycles. The summed E-state index contributed by atoms with van der Waals surface area (Å²) in [4.78, 5) is 14.2. The van der Waals surface area contributed by atoms with Gasteiger partial charge in [-0.2, -0.15) is 0 Å². The van der Waals surface area contributed by atoms with E-state index in [9.17, 15) is 0 Å². The number of aromatic nitrogens is 4. The highest BCUT2D eigenvalue weighted by Gasteiger charge is 2.06. The van der Waals surface area contributed by atoms with Crippen molar-refractivity contribution < 1.29 is 0 Å². The summed E-state index contributed by atoms with van der Waals surface area (Å²) >= 11 is 0. The Morgan fingerprint density at radius 2 is 0.875 bits per heavy atom. The zero-order valence-electron chi connectivity index (χ0n) is 17.2. The summed E-state index contributed by atoms with van der Waals surface area (Å²) in [5.74, 6) is 0. The van der Waals surface area contributed by atoms with E-state index in [1.807, 2.05) is 0 Å². The van der Waals surface area contributed by atoms with Crippen LogP contribution in [0.15, 0.2) is 72.8 Å². The van der Waals surface area contributed by atoms with Gasteiger partial charge in [-0.05, 0) is 83.6 Å². The van der Waals surface area contributed by atoms with Crippen LogP contribution in [-0.2, 0) is 0 Å². The van der Waals surface area contributed by atoms with Crippen molar-refractivity contribution >= 4 is 45.8 Å². The van der Waals surface area contributed by atoms with E-state index in [0.29, 0.717) is 0 Å². The van der Waals surface area contributed by atoms with Gasteiger partial charge in [-0.3, -0.25) is 0 Å². The molecule has 6 aromatic rings. The lowest BCUT2D eigenvalue weighted by Crippen LogP contribution is -2.11. The zero-order valence-corrected chi connectivity index (χ0v) is 17.2. The van der Waals surface area contributed by atoms with Crippen molar-refractivity contribution in [1.82, 2.24) is 19.9 Å². The van der Waals surface area contributed by atoms with Crippen LogP contribution in [0.4, 0.5) is 0 Å². The average molecular weight is 412 g/mol. The molecule has 0 saturated carbocycles. The summed E-state index contributed by atoms with van der Waals surface area (Å²) in [6, 6.07) is 25.7. The van der Waals surface area contributed by atoms with Gasteiger partial charge in [0.25, 0.3) is 0 Å². The fourth-order valence-corrected chi connectivity index (χ4v) is 4.63. The summed E-state index contributed by atoms with van der Waals surface area (Å²) in [5.41, 5.74) is 4.25. The van der Waals surface area contributed by atoms with E-state index in [2.05, 4.69) is 117 Å². The maximum Gasteiger partial charge on any atom is 0.0485 e. The van der Waals surface area contributed by atoms with Crippen LogP contribution in [0.1, 0.15) is 22.8 Å². The predicted molar refractivity (Wildman–Crippen MR) is 131 cm³/mol. The average Bonchev–Trinajstić information content (AvgIpc) is 3.58. The van der Waals surface area contributed by atoms with Crippen LogP contribution in [0.5, 0.6) is 0 Å². The summed E-state index contributed by atoms with van der Waals surface area (Å²) in [6.45, 7) is 0. The second-order valence-corrected chi connectivity index (χ2v) is 8.38. The molecule has 5 heterocycles. The van der Waals surface area contributed by atoms with Crippen molar-refractivity contribution in [3.8, 4) is 0 Å². The number of aromatic amines is 4. The summed E-state index contributed by atoms with van der Waals surface area (Å²) in [7, 11) is 0. The van der Waals surface area contributed by atoms with E-state index >= 15 is 0 Å². The van der Waals surface area contributed by atoms with Crippen LogP contribution in [0.2, 0.25) is 0 Å². The third-order valence-electron chi connectivity index (χ3n) is 6.15. The van der Waals surface area contributed by atoms with Crippen molar-refractivity contribution in [2.24, 2.45) is 0 Å². The summed E-state index contributed by atoms with van der Waals surface area (Å²) in [6.07, 6.45) is 8.62. The zero-order chi connectivity index (χ0) is 21.1. The molecule has 0 radical (unpaired) electrons. The maximum absolute atomic E-state index is 3.67. The minimum atomic E-state index is 1.06. The molecule has 1 aliphatic rings. The molecule has 0 atom stereocenters. The normalized spacial score (nSPS) is 12.8. The molecule has 0 amide bonds. The Morgan fingerprint density at radius 1 is 0.406 bits per heavy atom. The van der Waals surface area contributed by atoms with Gasteiger partial charge in [-0.25, -0.2) is 0 Å². The number of hydrogen-bond acceptors (Lipinski definition) is 0. The number of rotatable bonds is 0. The number of nitrogens with one attached hydrogen (secondary N) is 4. The van der Waals surface area contributed by atoms with E-state index < -0.39 is 0 Å². The van der Waals surface area contributed by atoms with Crippen LogP contribution < -0.4 is 21.4 Å². The quantitative estimate of drug-likeness (QED) is 0.296. The Morgan fingerprint density at radius 3 is 1.38 bits per heavy atom. The molecule has 4 aromatic heterocycles. The van der Waals surface area contributed by atoms with Crippen LogP contribution in [0.3, 0.4) is 0 Å². The summed E-state index contributed by atoms with van der Waals surface area (Å²) in [5, 5.41) is 9.23. The first kappa shape index (κ1) is 17.3. The Labute approximate surface area is 182 Å². The SMILES string of the molecule is C1=c2ccc([nH]2)=Cc2ccc([nH]2)C=c2[nH]c(c3cc4ccccc4cc23)=Cc2ccc1[nH]2. The highest BCUT2D eigenvalue weighted by Crippen LogP contribution is 2.19. The minimum Gasteiger partial charge on any atom is -0.355 e. The van der Waals surface area contributed by atoms with Crippen molar-refractivity contribution in [2.45, 2.75) is 0 Å². The lowest BCUT2D eigenvalue weighted by atomic mass is 10.1. The molecule has 152 valence electrons. The monoisotopic (exact) mass is 412 g/mol. The van der Waals surface area contributed by atoms with Gasteiger partial charge in [-0.1, -0.05) is 24.3 Å². The Bertz CT molecular complexity index is 1750. The van der Waals surface area contributed by atoms with Gasteiger partial charge in [0.1, 0.15) is 0 Å². The predicted octanol–water partition coefficient (Wildman–Crippen LogP) is 2.93. The Kier molecular flexibility index (Phi) is 3.52. The molecule has 0 fully saturated rings. The molecule has 2 aromatic carbocycles. The van der Waals surface area contributed by atoms with Crippen LogP contribution in [0.25, 0.3) is 45.8 Å². The van der Waals surface area contributed by atoms with Gasteiger partial charge in [0.15, 0.2) is 0 Å². The largest absolute Gasteiger partial charge is 0.355 e. The number of fused-ring (bicyclic) bond motifs is 12. The molecule has 7 rings (SSSR count). The Hall–Kier alpha value is -4.44. The molecule has 4 nitrogen and oxygen atoms in total. The second-order valence-electron chi connectivity index (χ2n) is 8.38. The fraction of sp³-hybridized carbons (Fsp3) is 0. The van der Waals surface area contributed by atoms with Crippen molar-refractivity contribution in [3.05, 3.63) is 117 Å². The first-order chi connectivity index (χ1) is 15.8. The first-order valence-electron chi connectivity index (χ1n) is 10.8. The molecular formula is C28H20N4. The topological polar surface area (TPSA) is 63.2 Å². The van der Waals surface area contributed by atoms with Crippen LogP contribution in [0, 0.1) is 0 Å². The molecule has 0 aliphatic carbocycles. The van der Waals surface area contributed by atoms with Gasteiger partial charge < -0.3 is 19.9 Å². The van der Waals surface area contributed by atoms with Crippen LogP contribution in [-0.4, -0.2) is 19.9 Å². The minimum absolute atomic E-state index is 1.06. The smallest absolute Gasteiger partial charge is 0.0485 e. The first-order valence-corrected chi connectivity index (χ1v) is 10.8. The van der Waals surface area contributed by atoms with E-state index in [1.165, 1.54) is 21.5 Å². The van der Waals surface area contributed by atoms with Gasteiger partial charge >= 0.3 is 0 Å². The summed E-state index contributed by atoms with van der Waals surface area (Å²) < 4.78 is 0. The molecule has 8 bridgehead atoms. The second kappa shape index (κ2) is 6.53. The van der Waals surface area contributed by atoms with Crippen molar-refractivity contribution in [3.63, 3.8) is 0 Å².